The number of nitrogens with one attached hydrogen (secondary N) is 1. The number of anilines is 1. The molecule has 0 aliphatic heterocycles. The molecular formula is C15H14N4OS2. The molecule has 0 saturated heterocycles. The van der Waals surface area contributed by atoms with Crippen LogP contribution in [0.5, 0.6) is 0 Å². The topological polar surface area (TPSA) is 91.8 Å². The molecule has 0 saturated carbocycles. The van der Waals surface area contributed by atoms with Crippen molar-refractivity contribution in [2.24, 2.45) is 5.73 Å². The van der Waals surface area contributed by atoms with Gasteiger partial charge in [-0.25, -0.2) is 4.98 Å². The number of benzene rings is 1. The Hall–Kier alpha value is -2.30. The highest BCUT2D eigenvalue weighted by molar-refractivity contribution is 8.00. The average molecular weight is 330 g/mol. The van der Waals surface area contributed by atoms with E-state index in [0.717, 1.165) is 16.3 Å². The fraction of sp³-hybridized carbons (Fsp3) is 0.133. The van der Waals surface area contributed by atoms with Gasteiger partial charge in [-0.15, -0.1) is 23.1 Å². The lowest BCUT2D eigenvalue weighted by Gasteiger charge is -2.08. The number of para-hydroxylation sites is 1. The predicted octanol–water partition coefficient (Wildman–Crippen LogP) is 3.01. The molecule has 5 nitrogen and oxygen atoms in total. The van der Waals surface area contributed by atoms with Crippen LogP contribution in [-0.2, 0) is 4.79 Å². The first-order valence-electron chi connectivity index (χ1n) is 6.39. The smallest absolute Gasteiger partial charge is 0.227 e. The van der Waals surface area contributed by atoms with E-state index in [1.54, 1.807) is 6.20 Å². The summed E-state index contributed by atoms with van der Waals surface area (Å²) in [5.41, 5.74) is 7.34. The van der Waals surface area contributed by atoms with Crippen molar-refractivity contribution < 1.29 is 4.79 Å². The number of aromatic nitrogens is 1. The minimum atomic E-state index is -0.369. The van der Waals surface area contributed by atoms with Crippen LogP contribution in [0.25, 0.3) is 5.57 Å². The van der Waals surface area contributed by atoms with Gasteiger partial charge in [0.05, 0.1) is 11.4 Å². The average Bonchev–Trinajstić information content (AvgIpc) is 2.93. The van der Waals surface area contributed by atoms with Gasteiger partial charge in [0, 0.05) is 22.2 Å². The Labute approximate surface area is 136 Å². The third-order valence-corrected chi connectivity index (χ3v) is 4.69. The van der Waals surface area contributed by atoms with Crippen LogP contribution in [-0.4, -0.2) is 16.6 Å². The van der Waals surface area contributed by atoms with E-state index < -0.39 is 0 Å². The van der Waals surface area contributed by atoms with Gasteiger partial charge in [-0.3, -0.25) is 4.79 Å². The number of rotatable bonds is 6. The molecule has 1 aromatic heterocycles. The lowest BCUT2D eigenvalue weighted by molar-refractivity contribution is -0.115. The van der Waals surface area contributed by atoms with Gasteiger partial charge in [-0.2, -0.15) is 5.26 Å². The Bertz CT molecular complexity index is 746. The number of amides is 1. The summed E-state index contributed by atoms with van der Waals surface area (Å²) < 4.78 is 0. The van der Waals surface area contributed by atoms with Crippen LogP contribution in [0.4, 0.5) is 5.69 Å². The fourth-order valence-electron chi connectivity index (χ4n) is 1.63. The van der Waals surface area contributed by atoms with Crippen molar-refractivity contribution in [3.05, 3.63) is 46.5 Å². The molecule has 3 N–H and O–H groups in total. The van der Waals surface area contributed by atoms with E-state index in [-0.39, 0.29) is 11.7 Å². The number of carbonyl (C=O) groups is 1. The van der Waals surface area contributed by atoms with Crippen LogP contribution < -0.4 is 11.1 Å². The number of nitrogens with zero attached hydrogens (tertiary/aromatic N) is 2. The van der Waals surface area contributed by atoms with Crippen molar-refractivity contribution in [1.82, 2.24) is 4.98 Å². The van der Waals surface area contributed by atoms with Crippen molar-refractivity contribution in [3.63, 3.8) is 0 Å². The summed E-state index contributed by atoms with van der Waals surface area (Å²) in [6.45, 7) is 1.89. The summed E-state index contributed by atoms with van der Waals surface area (Å²) in [5.74, 6) is -0.162. The molecule has 7 heteroatoms. The minimum Gasteiger partial charge on any atom is -0.369 e. The summed E-state index contributed by atoms with van der Waals surface area (Å²) in [7, 11) is 0. The number of carbonyl (C=O) groups excluding carboxylic acids is 1. The van der Waals surface area contributed by atoms with Crippen LogP contribution in [0.2, 0.25) is 0 Å². The third-order valence-electron chi connectivity index (χ3n) is 2.60. The highest BCUT2D eigenvalue weighted by Crippen LogP contribution is 2.27. The maximum absolute atomic E-state index is 10.9. The Morgan fingerprint density at radius 1 is 1.55 bits per heavy atom. The van der Waals surface area contributed by atoms with E-state index in [0.29, 0.717) is 10.6 Å². The molecule has 2 rings (SSSR count). The van der Waals surface area contributed by atoms with E-state index in [2.05, 4.69) is 16.4 Å². The van der Waals surface area contributed by atoms with E-state index in [1.165, 1.54) is 23.1 Å². The Balaban J connectivity index is 2.18. The predicted molar refractivity (Wildman–Crippen MR) is 90.4 cm³/mol. The minimum absolute atomic E-state index is 0.208. The van der Waals surface area contributed by atoms with Crippen LogP contribution in [0.1, 0.15) is 10.7 Å². The lowest BCUT2D eigenvalue weighted by atomic mass is 10.3. The van der Waals surface area contributed by atoms with Gasteiger partial charge in [-0.1, -0.05) is 12.1 Å². The van der Waals surface area contributed by atoms with E-state index in [4.69, 9.17) is 5.73 Å². The zero-order chi connectivity index (χ0) is 15.9. The standard InChI is InChI=1S/C15H14N4OS2/c1-10-8-22-15(19-10)11(6-16)7-18-12-4-2-3-5-13(12)21-9-14(17)20/h2-5,7-8,18H,9H2,1H3,(H2,17,20)/b11-7+. The normalized spacial score (nSPS) is 11.0. The quantitative estimate of drug-likeness (QED) is 0.627. The van der Waals surface area contributed by atoms with Crippen molar-refractivity contribution in [2.75, 3.05) is 11.1 Å². The van der Waals surface area contributed by atoms with Crippen LogP contribution in [0, 0.1) is 18.3 Å². The van der Waals surface area contributed by atoms with Gasteiger partial charge in [0.2, 0.25) is 5.91 Å². The van der Waals surface area contributed by atoms with Crippen molar-refractivity contribution in [3.8, 4) is 6.07 Å². The molecule has 1 aromatic carbocycles. The molecule has 2 aromatic rings. The molecule has 1 amide bonds. The third kappa shape index (κ3) is 4.35. The Morgan fingerprint density at radius 3 is 2.95 bits per heavy atom. The summed E-state index contributed by atoms with van der Waals surface area (Å²) >= 11 is 2.78. The van der Waals surface area contributed by atoms with E-state index >= 15 is 0 Å². The molecule has 0 spiro atoms. The zero-order valence-electron chi connectivity index (χ0n) is 11.9. The van der Waals surface area contributed by atoms with Crippen LogP contribution in [0.15, 0.2) is 40.7 Å². The van der Waals surface area contributed by atoms with Crippen molar-refractivity contribution in [1.29, 1.82) is 5.26 Å². The molecule has 0 bridgehead atoms. The summed E-state index contributed by atoms with van der Waals surface area (Å²) in [4.78, 5) is 16.1. The van der Waals surface area contributed by atoms with E-state index in [9.17, 15) is 10.1 Å². The summed E-state index contributed by atoms with van der Waals surface area (Å²) in [5, 5.41) is 14.9. The molecule has 0 radical (unpaired) electrons. The number of primary amides is 1. The molecule has 0 aliphatic rings. The highest BCUT2D eigenvalue weighted by atomic mass is 32.2. The van der Waals surface area contributed by atoms with Crippen molar-refractivity contribution >= 4 is 40.3 Å². The first kappa shape index (κ1) is 16.1. The van der Waals surface area contributed by atoms with Gasteiger partial charge in [0.1, 0.15) is 16.6 Å². The SMILES string of the molecule is Cc1csc(/C(C#N)=C/Nc2ccccc2SCC(N)=O)n1. The number of thioether (sulfide) groups is 1. The largest absolute Gasteiger partial charge is 0.369 e. The molecule has 112 valence electrons. The van der Waals surface area contributed by atoms with Gasteiger partial charge in [0.25, 0.3) is 0 Å². The van der Waals surface area contributed by atoms with E-state index in [1.807, 2.05) is 36.6 Å². The van der Waals surface area contributed by atoms with Gasteiger partial charge in [0.15, 0.2) is 0 Å². The van der Waals surface area contributed by atoms with Gasteiger partial charge < -0.3 is 11.1 Å². The second-order valence-electron chi connectivity index (χ2n) is 4.36. The molecule has 0 aliphatic carbocycles. The maximum atomic E-state index is 10.9. The van der Waals surface area contributed by atoms with Crippen LogP contribution in [0.3, 0.4) is 0 Å². The molecule has 22 heavy (non-hydrogen) atoms. The molecular weight excluding hydrogens is 316 g/mol. The lowest BCUT2D eigenvalue weighted by Crippen LogP contribution is -2.13. The number of nitrogens with two attached hydrogens (primary N) is 1. The van der Waals surface area contributed by atoms with Gasteiger partial charge >= 0.3 is 0 Å². The Kier molecular flexibility index (Phi) is 5.58. The summed E-state index contributed by atoms with van der Waals surface area (Å²) in [6.07, 6.45) is 1.63. The van der Waals surface area contributed by atoms with Crippen molar-refractivity contribution in [2.45, 2.75) is 11.8 Å². The zero-order valence-corrected chi connectivity index (χ0v) is 13.5. The molecule has 0 fully saturated rings. The molecule has 0 atom stereocenters. The number of thiazole rings is 1. The number of hydrogen-bond acceptors (Lipinski definition) is 6. The maximum Gasteiger partial charge on any atom is 0.227 e. The first-order valence-corrected chi connectivity index (χ1v) is 8.26. The fourth-order valence-corrected chi connectivity index (χ4v) is 3.15. The monoisotopic (exact) mass is 330 g/mol. The van der Waals surface area contributed by atoms with Crippen LogP contribution >= 0.6 is 23.1 Å². The number of aryl methyl sites for hydroxylation is 1. The second-order valence-corrected chi connectivity index (χ2v) is 6.23. The highest BCUT2D eigenvalue weighted by Gasteiger charge is 2.07. The first-order chi connectivity index (χ1) is 10.6. The van der Waals surface area contributed by atoms with Gasteiger partial charge in [-0.05, 0) is 19.1 Å². The molecule has 0 unspecified atom stereocenters. The Morgan fingerprint density at radius 2 is 2.32 bits per heavy atom. The second kappa shape index (κ2) is 7.64. The summed E-state index contributed by atoms with van der Waals surface area (Å²) in [6, 6.07) is 9.67. The number of allylic oxidation sites excluding steroid dienone is 1. The number of nitriles is 1. The number of hydrogen-bond donors (Lipinski definition) is 2. The molecule has 1 heterocycles.